The molecule has 0 atom stereocenters. The molecule has 1 aromatic carbocycles. The highest BCUT2D eigenvalue weighted by Crippen LogP contribution is 2.41. The van der Waals surface area contributed by atoms with E-state index in [0.29, 0.717) is 12.1 Å². The first kappa shape index (κ1) is 11.3. The van der Waals surface area contributed by atoms with Crippen LogP contribution in [0.4, 0.5) is 0 Å². The lowest BCUT2D eigenvalue weighted by Crippen LogP contribution is -2.40. The molecule has 0 bridgehead atoms. The Bertz CT molecular complexity index is 831. The molecule has 0 aliphatic rings. The normalized spacial score (nSPS) is 17.0. The molecule has 0 unspecified atom stereocenters. The standard InChI is InChI=1S/C14H21N2O4P/c1-4-16(2,3)9-8-11-10-15-12-6-5-7-13(14(11)12)20-21(17,18)19/h5-7,10,15H,4,8-9H2,1-3H3,(H-,17,18,19)/p+1/i8D2,9D2. The monoisotopic (exact) mass is 317 g/mol. The highest BCUT2D eigenvalue weighted by molar-refractivity contribution is 7.46. The summed E-state index contributed by atoms with van der Waals surface area (Å²) >= 11 is 0. The molecule has 0 aliphatic heterocycles. The molecule has 0 saturated heterocycles. The van der Waals surface area contributed by atoms with E-state index in [1.165, 1.54) is 18.3 Å². The van der Waals surface area contributed by atoms with Crippen LogP contribution >= 0.6 is 7.82 Å². The van der Waals surface area contributed by atoms with Crippen molar-refractivity contribution < 1.29 is 28.8 Å². The van der Waals surface area contributed by atoms with Crippen LogP contribution in [0.1, 0.15) is 18.0 Å². The molecule has 2 rings (SSSR count). The fourth-order valence-electron chi connectivity index (χ4n) is 1.74. The zero-order valence-electron chi connectivity index (χ0n) is 16.1. The molecule has 21 heavy (non-hydrogen) atoms. The van der Waals surface area contributed by atoms with Crippen molar-refractivity contribution >= 4 is 18.7 Å². The van der Waals surface area contributed by atoms with Gasteiger partial charge in [0.25, 0.3) is 0 Å². The molecule has 0 spiro atoms. The van der Waals surface area contributed by atoms with Crippen LogP contribution in [0.2, 0.25) is 0 Å². The second kappa shape index (κ2) is 5.81. The summed E-state index contributed by atoms with van der Waals surface area (Å²) in [6, 6.07) is 4.41. The van der Waals surface area contributed by atoms with Gasteiger partial charge in [0.05, 0.1) is 29.9 Å². The van der Waals surface area contributed by atoms with Crippen molar-refractivity contribution in [2.45, 2.75) is 13.3 Å². The van der Waals surface area contributed by atoms with E-state index in [0.717, 1.165) is 0 Å². The molecule has 1 heterocycles. The Hall–Kier alpha value is -1.33. The molecule has 0 aliphatic carbocycles. The first-order valence-corrected chi connectivity index (χ1v) is 7.96. The van der Waals surface area contributed by atoms with Crippen molar-refractivity contribution in [3.05, 3.63) is 30.0 Å². The summed E-state index contributed by atoms with van der Waals surface area (Å²) < 4.78 is 49.4. The number of nitrogens with zero attached hydrogens (tertiary/aromatic N) is 1. The number of phosphoric acid groups is 1. The van der Waals surface area contributed by atoms with Crippen LogP contribution in [-0.4, -0.2) is 46.4 Å². The molecule has 7 heteroatoms. The van der Waals surface area contributed by atoms with E-state index in [9.17, 15) is 4.57 Å². The molecule has 116 valence electrons. The Labute approximate surface area is 129 Å². The second-order valence-electron chi connectivity index (χ2n) is 5.20. The molecule has 0 amide bonds. The summed E-state index contributed by atoms with van der Waals surface area (Å²) in [4.78, 5) is 21.0. The predicted molar refractivity (Wildman–Crippen MR) is 82.2 cm³/mol. The SMILES string of the molecule is [2H]C([2H])(c1c[nH]c2cccc(OP(=O)(O)O)c12)C([2H])([2H])[N+](C)(C)CC. The lowest BCUT2D eigenvalue weighted by Gasteiger charge is -2.28. The number of benzene rings is 1. The predicted octanol–water partition coefficient (Wildman–Crippen LogP) is 2.28. The minimum atomic E-state index is -4.85. The fraction of sp³-hybridized carbons (Fsp3) is 0.429. The van der Waals surface area contributed by atoms with Gasteiger partial charge in [-0.05, 0) is 24.6 Å². The lowest BCUT2D eigenvalue weighted by atomic mass is 10.1. The van der Waals surface area contributed by atoms with Gasteiger partial charge in [0, 0.05) is 26.2 Å². The smallest absolute Gasteiger partial charge is 0.404 e. The van der Waals surface area contributed by atoms with Gasteiger partial charge in [-0.15, -0.1) is 0 Å². The highest BCUT2D eigenvalue weighted by atomic mass is 31.2. The molecule has 3 N–H and O–H groups in total. The summed E-state index contributed by atoms with van der Waals surface area (Å²) in [5.41, 5.74) is 0.332. The van der Waals surface area contributed by atoms with Crippen molar-refractivity contribution in [1.82, 2.24) is 4.98 Å². The van der Waals surface area contributed by atoms with Gasteiger partial charge in [-0.3, -0.25) is 9.79 Å². The third-order valence-corrected chi connectivity index (χ3v) is 3.60. The number of H-pyrrole nitrogens is 1. The molecule has 0 radical (unpaired) electrons. The van der Waals surface area contributed by atoms with Gasteiger partial charge in [-0.2, -0.15) is 0 Å². The minimum Gasteiger partial charge on any atom is -0.404 e. The van der Waals surface area contributed by atoms with Gasteiger partial charge < -0.3 is 14.0 Å². The summed E-state index contributed by atoms with van der Waals surface area (Å²) in [5, 5.41) is 0.107. The van der Waals surface area contributed by atoms with Crippen LogP contribution in [0.15, 0.2) is 24.4 Å². The number of aromatic nitrogens is 1. The highest BCUT2D eigenvalue weighted by Gasteiger charge is 2.20. The average Bonchev–Trinajstić information content (AvgIpc) is 2.91. The number of hydrogen-bond acceptors (Lipinski definition) is 2. The molecule has 0 saturated carbocycles. The van der Waals surface area contributed by atoms with Crippen molar-refractivity contribution in [2.75, 3.05) is 27.1 Å². The maximum atomic E-state index is 11.2. The van der Waals surface area contributed by atoms with E-state index < -0.39 is 20.7 Å². The second-order valence-corrected chi connectivity index (χ2v) is 6.36. The maximum Gasteiger partial charge on any atom is 0.524 e. The fourth-order valence-corrected chi connectivity index (χ4v) is 2.15. The maximum absolute atomic E-state index is 11.2. The van der Waals surface area contributed by atoms with Gasteiger partial charge in [-0.1, -0.05) is 6.07 Å². The van der Waals surface area contributed by atoms with Crippen LogP contribution in [0.5, 0.6) is 5.75 Å². The molecular weight excluding hydrogens is 291 g/mol. The number of likely N-dealkylation sites (N-methyl/N-ethyl adjacent to an activating group) is 1. The van der Waals surface area contributed by atoms with Crippen LogP contribution in [0, 0.1) is 0 Å². The Morgan fingerprint density at radius 1 is 1.43 bits per heavy atom. The van der Waals surface area contributed by atoms with E-state index in [1.54, 1.807) is 27.1 Å². The van der Waals surface area contributed by atoms with Crippen LogP contribution in [0.3, 0.4) is 0 Å². The van der Waals surface area contributed by atoms with Crippen molar-refractivity contribution in [2.24, 2.45) is 0 Å². The summed E-state index contributed by atoms with van der Waals surface area (Å²) in [7, 11) is -1.69. The Kier molecular flexibility index (Phi) is 3.12. The van der Waals surface area contributed by atoms with E-state index in [1.807, 2.05) is 0 Å². The van der Waals surface area contributed by atoms with Gasteiger partial charge in [0.1, 0.15) is 5.75 Å². The van der Waals surface area contributed by atoms with E-state index in [-0.39, 0.29) is 21.2 Å². The van der Waals surface area contributed by atoms with Crippen molar-refractivity contribution in [1.29, 1.82) is 0 Å². The molecular formula is C14H22N2O4P+. The number of fused-ring (bicyclic) bond motifs is 1. The van der Waals surface area contributed by atoms with E-state index in [2.05, 4.69) is 9.51 Å². The number of rotatable bonds is 6. The first-order chi connectivity index (χ1) is 11.2. The molecule has 1 aromatic heterocycles. The zero-order chi connectivity index (χ0) is 19.3. The van der Waals surface area contributed by atoms with Gasteiger partial charge in [0.15, 0.2) is 0 Å². The number of aryl methyl sites for hydroxylation is 1. The van der Waals surface area contributed by atoms with Crippen LogP contribution < -0.4 is 4.52 Å². The summed E-state index contributed by atoms with van der Waals surface area (Å²) in [6.45, 7) is -0.210. The number of aromatic amines is 1. The number of phosphoric ester groups is 1. The van der Waals surface area contributed by atoms with Gasteiger partial charge in [-0.25, -0.2) is 4.57 Å². The zero-order valence-corrected chi connectivity index (χ0v) is 13.0. The van der Waals surface area contributed by atoms with Gasteiger partial charge in [0.2, 0.25) is 0 Å². The van der Waals surface area contributed by atoms with Crippen molar-refractivity contribution in [3.8, 4) is 5.75 Å². The van der Waals surface area contributed by atoms with Crippen LogP contribution in [-0.2, 0) is 10.9 Å². The molecule has 6 nitrogen and oxygen atoms in total. The Morgan fingerprint density at radius 3 is 2.76 bits per heavy atom. The summed E-state index contributed by atoms with van der Waals surface area (Å²) in [5.74, 6) is -0.205. The number of hydrogen-bond donors (Lipinski definition) is 3. The Balaban J connectivity index is 2.71. The van der Waals surface area contributed by atoms with Crippen molar-refractivity contribution in [3.63, 3.8) is 0 Å². The number of nitrogens with one attached hydrogen (secondary N) is 1. The summed E-state index contributed by atoms with van der Waals surface area (Å²) in [6.07, 6.45) is -1.15. The quantitative estimate of drug-likeness (QED) is 0.564. The molecule has 2 aromatic rings. The van der Waals surface area contributed by atoms with Gasteiger partial charge >= 0.3 is 7.82 Å². The largest absolute Gasteiger partial charge is 0.524 e. The lowest BCUT2D eigenvalue weighted by molar-refractivity contribution is -0.888. The molecule has 0 fully saturated rings. The van der Waals surface area contributed by atoms with Crippen LogP contribution in [0.25, 0.3) is 10.9 Å². The third-order valence-electron chi connectivity index (χ3n) is 3.17. The third kappa shape index (κ3) is 4.08. The Morgan fingerprint density at radius 2 is 2.14 bits per heavy atom. The average molecular weight is 317 g/mol. The topological polar surface area (TPSA) is 82.6 Å². The van der Waals surface area contributed by atoms with E-state index in [4.69, 9.17) is 15.3 Å². The van der Waals surface area contributed by atoms with E-state index >= 15 is 0 Å². The minimum absolute atomic E-state index is 0.0591. The first-order valence-electron chi connectivity index (χ1n) is 8.43. The number of quaternary nitrogens is 1.